The minimum absolute atomic E-state index is 0.00406. The van der Waals surface area contributed by atoms with Crippen LogP contribution in [0.5, 0.6) is 0 Å². The van der Waals surface area contributed by atoms with Gasteiger partial charge in [0.05, 0.1) is 21.7 Å². The Morgan fingerprint density at radius 3 is 2.10 bits per heavy atom. The highest BCUT2D eigenvalue weighted by molar-refractivity contribution is 6.15. The highest BCUT2D eigenvalue weighted by Crippen LogP contribution is 2.37. The van der Waals surface area contributed by atoms with E-state index in [4.69, 9.17) is 9.47 Å². The molecule has 0 unspecified atom stereocenters. The first kappa shape index (κ1) is 27.6. The normalized spacial score (nSPS) is 13.6. The Labute approximate surface area is 225 Å². The van der Waals surface area contributed by atoms with Crippen LogP contribution in [0.2, 0.25) is 0 Å². The number of nitrogens with zero attached hydrogens (tertiary/aromatic N) is 2. The van der Waals surface area contributed by atoms with Crippen LogP contribution in [0.4, 0.5) is 21.0 Å². The van der Waals surface area contributed by atoms with Crippen molar-refractivity contribution < 1.29 is 28.8 Å². The number of nitrogens with one attached hydrogen (secondary N) is 2. The third-order valence-corrected chi connectivity index (χ3v) is 5.68. The van der Waals surface area contributed by atoms with Gasteiger partial charge in [0.25, 0.3) is 11.6 Å². The fourth-order valence-electron chi connectivity index (χ4n) is 4.01. The molecule has 4 rings (SSSR count). The van der Waals surface area contributed by atoms with E-state index in [9.17, 15) is 24.5 Å². The summed E-state index contributed by atoms with van der Waals surface area (Å²) >= 11 is 0. The van der Waals surface area contributed by atoms with Crippen LogP contribution in [-0.4, -0.2) is 44.8 Å². The Hall–Kier alpha value is -4.41. The summed E-state index contributed by atoms with van der Waals surface area (Å²) in [5.41, 5.74) is -0.188. The number of aromatic nitrogens is 1. The number of nitro benzene ring substituents is 1. The monoisotopic (exact) mass is 536 g/mol. The predicted octanol–water partition coefficient (Wildman–Crippen LogP) is 6.24. The van der Waals surface area contributed by atoms with Gasteiger partial charge < -0.3 is 14.8 Å². The van der Waals surface area contributed by atoms with Gasteiger partial charge in [-0.2, -0.15) is 0 Å². The summed E-state index contributed by atoms with van der Waals surface area (Å²) in [6, 6.07) is 10.5. The molecule has 0 spiro atoms. The average Bonchev–Trinajstić information content (AvgIpc) is 3.54. The average molecular weight is 537 g/mol. The maximum absolute atomic E-state index is 13.5. The van der Waals surface area contributed by atoms with Gasteiger partial charge in [-0.05, 0) is 78.1 Å². The smallest absolute Gasteiger partial charge is 0.419 e. The lowest BCUT2D eigenvalue weighted by Crippen LogP contribution is -2.28. The van der Waals surface area contributed by atoms with Crippen LogP contribution in [0.15, 0.2) is 42.5 Å². The van der Waals surface area contributed by atoms with Crippen LogP contribution >= 0.6 is 0 Å². The molecule has 0 bridgehead atoms. The Kier molecular flexibility index (Phi) is 7.12. The SMILES string of the molecule is CC(C)(C)OC(=O)Nc1ccc(-c2c(C(=O)NC3CC3)c3cc([N+](=O)[O-])ccc3n2C(=O)OC(C)(C)C)cc1. The lowest BCUT2D eigenvalue weighted by atomic mass is 10.0. The first-order chi connectivity index (χ1) is 18.1. The maximum Gasteiger partial charge on any atom is 0.419 e. The summed E-state index contributed by atoms with van der Waals surface area (Å²) in [5.74, 6) is -0.448. The van der Waals surface area contributed by atoms with Gasteiger partial charge >= 0.3 is 12.2 Å². The molecule has 1 aliphatic carbocycles. The molecule has 0 radical (unpaired) electrons. The number of anilines is 1. The second-order valence-corrected chi connectivity index (χ2v) is 11.4. The highest BCUT2D eigenvalue weighted by atomic mass is 16.6. The van der Waals surface area contributed by atoms with E-state index in [1.807, 2.05) is 0 Å². The van der Waals surface area contributed by atoms with Crippen LogP contribution in [0, 0.1) is 10.1 Å². The summed E-state index contributed by atoms with van der Waals surface area (Å²) in [7, 11) is 0. The minimum Gasteiger partial charge on any atom is -0.444 e. The van der Waals surface area contributed by atoms with Crippen LogP contribution in [0.25, 0.3) is 22.2 Å². The fourth-order valence-corrected chi connectivity index (χ4v) is 4.01. The van der Waals surface area contributed by atoms with E-state index in [1.165, 1.54) is 22.8 Å². The highest BCUT2D eigenvalue weighted by Gasteiger charge is 2.33. The fraction of sp³-hybridized carbons (Fsp3) is 0.393. The van der Waals surface area contributed by atoms with Crippen molar-refractivity contribution in [2.24, 2.45) is 0 Å². The number of non-ortho nitro benzene ring substituents is 1. The summed E-state index contributed by atoms with van der Waals surface area (Å²) in [4.78, 5) is 50.3. The van der Waals surface area contributed by atoms with Crippen LogP contribution in [-0.2, 0) is 9.47 Å². The predicted molar refractivity (Wildman–Crippen MR) is 146 cm³/mol. The van der Waals surface area contributed by atoms with Crippen LogP contribution in [0.1, 0.15) is 64.7 Å². The largest absolute Gasteiger partial charge is 0.444 e. The van der Waals surface area contributed by atoms with Crippen molar-refractivity contribution in [3.05, 3.63) is 58.1 Å². The molecule has 11 nitrogen and oxygen atoms in total. The number of amides is 2. The lowest BCUT2D eigenvalue weighted by Gasteiger charge is -2.21. The Balaban J connectivity index is 1.88. The zero-order valence-corrected chi connectivity index (χ0v) is 22.8. The first-order valence-corrected chi connectivity index (χ1v) is 12.6. The lowest BCUT2D eigenvalue weighted by molar-refractivity contribution is -0.384. The standard InChI is InChI=1S/C28H32N4O7/c1-27(2,3)38-25(34)30-18-9-7-16(8-10-18)23-22(24(33)29-17-11-12-17)20-15-19(32(36)37)13-14-21(20)31(23)26(35)39-28(4,5)6/h7-10,13-15,17H,11-12H2,1-6H3,(H,29,33)(H,30,34). The zero-order valence-electron chi connectivity index (χ0n) is 22.8. The molecule has 206 valence electrons. The van der Waals surface area contributed by atoms with Crippen molar-refractivity contribution in [2.75, 3.05) is 5.32 Å². The Morgan fingerprint density at radius 2 is 1.56 bits per heavy atom. The summed E-state index contributed by atoms with van der Waals surface area (Å²) in [6.07, 6.45) is 0.293. The van der Waals surface area contributed by atoms with E-state index >= 15 is 0 Å². The van der Waals surface area contributed by atoms with Crippen LogP contribution < -0.4 is 10.6 Å². The maximum atomic E-state index is 13.5. The summed E-state index contributed by atoms with van der Waals surface area (Å²) in [5, 5.41) is 17.4. The number of carbonyl (C=O) groups excluding carboxylic acids is 3. The third-order valence-electron chi connectivity index (χ3n) is 5.68. The van der Waals surface area contributed by atoms with E-state index in [0.29, 0.717) is 16.8 Å². The molecular weight excluding hydrogens is 504 g/mol. The molecule has 11 heteroatoms. The minimum atomic E-state index is -0.844. The topological polar surface area (TPSA) is 142 Å². The Morgan fingerprint density at radius 1 is 0.949 bits per heavy atom. The van der Waals surface area contributed by atoms with Crippen molar-refractivity contribution in [1.29, 1.82) is 0 Å². The van der Waals surface area contributed by atoms with Gasteiger partial charge in [0.15, 0.2) is 0 Å². The summed E-state index contributed by atoms with van der Waals surface area (Å²) < 4.78 is 12.2. The second kappa shape index (κ2) is 10.0. The molecule has 2 N–H and O–H groups in total. The van der Waals surface area contributed by atoms with E-state index in [0.717, 1.165) is 12.8 Å². The van der Waals surface area contributed by atoms with Crippen molar-refractivity contribution in [3.8, 4) is 11.3 Å². The first-order valence-electron chi connectivity index (χ1n) is 12.6. The number of hydrogen-bond donors (Lipinski definition) is 2. The van der Waals surface area contributed by atoms with E-state index in [-0.39, 0.29) is 28.4 Å². The number of benzene rings is 2. The molecule has 2 amide bonds. The molecule has 1 fully saturated rings. The number of fused-ring (bicyclic) bond motifs is 1. The van der Waals surface area contributed by atoms with Gasteiger partial charge in [-0.1, -0.05) is 12.1 Å². The molecular formula is C28H32N4O7. The Bertz CT molecular complexity index is 1460. The molecule has 2 aromatic carbocycles. The molecule has 1 aromatic heterocycles. The van der Waals surface area contributed by atoms with Gasteiger partial charge in [0.2, 0.25) is 0 Å². The molecule has 0 saturated heterocycles. The van der Waals surface area contributed by atoms with Crippen molar-refractivity contribution in [3.63, 3.8) is 0 Å². The number of nitro groups is 1. The third kappa shape index (κ3) is 6.54. The molecule has 0 atom stereocenters. The molecule has 39 heavy (non-hydrogen) atoms. The number of hydrogen-bond acceptors (Lipinski definition) is 7. The molecule has 1 saturated carbocycles. The van der Waals surface area contributed by atoms with Gasteiger partial charge in [-0.25, -0.2) is 14.2 Å². The molecule has 0 aliphatic heterocycles. The van der Waals surface area contributed by atoms with E-state index < -0.39 is 34.2 Å². The van der Waals surface area contributed by atoms with Gasteiger partial charge in [0, 0.05) is 29.2 Å². The van der Waals surface area contributed by atoms with Crippen molar-refractivity contribution in [2.45, 2.75) is 71.6 Å². The van der Waals surface area contributed by atoms with Crippen molar-refractivity contribution >= 4 is 40.4 Å². The number of rotatable bonds is 5. The molecule has 3 aromatic rings. The number of ether oxygens (including phenoxy) is 2. The van der Waals surface area contributed by atoms with E-state index in [1.54, 1.807) is 65.8 Å². The van der Waals surface area contributed by atoms with Gasteiger partial charge in [-0.3, -0.25) is 20.2 Å². The number of carbonyl (C=O) groups is 3. The van der Waals surface area contributed by atoms with E-state index in [2.05, 4.69) is 10.6 Å². The quantitative estimate of drug-likeness (QED) is 0.290. The van der Waals surface area contributed by atoms with Crippen molar-refractivity contribution in [1.82, 2.24) is 9.88 Å². The van der Waals surface area contributed by atoms with Crippen LogP contribution in [0.3, 0.4) is 0 Å². The summed E-state index contributed by atoms with van der Waals surface area (Å²) in [6.45, 7) is 10.4. The molecule has 1 aliphatic rings. The molecule has 1 heterocycles. The second-order valence-electron chi connectivity index (χ2n) is 11.4. The zero-order chi connectivity index (χ0) is 28.7. The van der Waals surface area contributed by atoms with Gasteiger partial charge in [-0.15, -0.1) is 0 Å². The van der Waals surface area contributed by atoms with Gasteiger partial charge in [0.1, 0.15) is 11.2 Å².